The zero-order chi connectivity index (χ0) is 13.0. The molecule has 18 heavy (non-hydrogen) atoms. The Morgan fingerprint density at radius 3 is 2.83 bits per heavy atom. The molecule has 2 rings (SSSR count). The van der Waals surface area contributed by atoms with Gasteiger partial charge in [0.25, 0.3) is 0 Å². The average molecular weight is 253 g/mol. The Bertz CT molecular complexity index is 373. The van der Waals surface area contributed by atoms with Gasteiger partial charge in [-0.3, -0.25) is 4.68 Å². The van der Waals surface area contributed by atoms with E-state index in [0.29, 0.717) is 6.54 Å². The summed E-state index contributed by atoms with van der Waals surface area (Å²) in [7, 11) is 1.95. The smallest absolute Gasteiger partial charge is 0.0670 e. The van der Waals surface area contributed by atoms with E-state index >= 15 is 0 Å². The number of ether oxygens (including phenoxy) is 1. The molecular weight excluding hydrogens is 230 g/mol. The number of nitrogens with one attached hydrogen (secondary N) is 1. The molecule has 0 spiro atoms. The van der Waals surface area contributed by atoms with E-state index in [1.54, 1.807) is 0 Å². The third kappa shape index (κ3) is 3.08. The van der Waals surface area contributed by atoms with Gasteiger partial charge in [0.15, 0.2) is 0 Å². The van der Waals surface area contributed by atoms with Gasteiger partial charge in [-0.2, -0.15) is 5.10 Å². The third-order valence-electron chi connectivity index (χ3n) is 3.23. The zero-order valence-electron chi connectivity index (χ0n) is 11.2. The Balaban J connectivity index is 2.06. The molecular formula is C12H23N5O. The van der Waals surface area contributed by atoms with Gasteiger partial charge in [-0.1, -0.05) is 6.92 Å². The van der Waals surface area contributed by atoms with Gasteiger partial charge in [-0.05, 0) is 6.42 Å². The molecule has 1 aliphatic rings. The van der Waals surface area contributed by atoms with Crippen molar-refractivity contribution in [1.29, 1.82) is 0 Å². The van der Waals surface area contributed by atoms with Gasteiger partial charge in [-0.15, -0.1) is 0 Å². The number of rotatable bonds is 5. The summed E-state index contributed by atoms with van der Waals surface area (Å²) >= 11 is 0. The van der Waals surface area contributed by atoms with Crippen LogP contribution in [0.4, 0.5) is 0 Å². The van der Waals surface area contributed by atoms with Crippen LogP contribution in [0, 0.1) is 0 Å². The highest BCUT2D eigenvalue weighted by molar-refractivity contribution is 5.21. The number of hydrazine groups is 1. The van der Waals surface area contributed by atoms with Crippen LogP contribution in [-0.4, -0.2) is 47.6 Å². The summed E-state index contributed by atoms with van der Waals surface area (Å²) in [6.07, 6.45) is 2.99. The molecule has 1 atom stereocenters. The molecule has 102 valence electrons. The first-order valence-corrected chi connectivity index (χ1v) is 6.56. The van der Waals surface area contributed by atoms with Crippen molar-refractivity contribution >= 4 is 0 Å². The van der Waals surface area contributed by atoms with E-state index in [0.717, 1.165) is 38.4 Å². The Kier molecular flexibility index (Phi) is 4.71. The molecule has 0 amide bonds. The number of nitrogens with two attached hydrogens (primary N) is 1. The predicted molar refractivity (Wildman–Crippen MR) is 69.9 cm³/mol. The van der Waals surface area contributed by atoms with Gasteiger partial charge < -0.3 is 10.5 Å². The Hall–Kier alpha value is -0.950. The van der Waals surface area contributed by atoms with E-state index in [2.05, 4.69) is 28.7 Å². The van der Waals surface area contributed by atoms with E-state index in [1.807, 2.05) is 11.7 Å². The summed E-state index contributed by atoms with van der Waals surface area (Å²) in [5.41, 5.74) is 11.7. The molecule has 1 unspecified atom stereocenters. The monoisotopic (exact) mass is 253 g/mol. The summed E-state index contributed by atoms with van der Waals surface area (Å²) in [6, 6.07) is 0.131. The molecule has 1 fully saturated rings. The van der Waals surface area contributed by atoms with Crippen LogP contribution in [-0.2, 0) is 18.2 Å². The molecule has 6 heteroatoms. The molecule has 1 aromatic rings. The number of aromatic nitrogens is 2. The van der Waals surface area contributed by atoms with E-state index < -0.39 is 0 Å². The van der Waals surface area contributed by atoms with Gasteiger partial charge >= 0.3 is 0 Å². The maximum atomic E-state index is 5.90. The number of nitrogens with zero attached hydrogens (tertiary/aromatic N) is 3. The van der Waals surface area contributed by atoms with Crippen LogP contribution in [0.1, 0.15) is 24.2 Å². The van der Waals surface area contributed by atoms with E-state index in [-0.39, 0.29) is 6.04 Å². The van der Waals surface area contributed by atoms with Gasteiger partial charge in [0.05, 0.1) is 24.9 Å². The van der Waals surface area contributed by atoms with E-state index in [9.17, 15) is 0 Å². The van der Waals surface area contributed by atoms with Crippen LogP contribution in [0.2, 0.25) is 0 Å². The fraction of sp³-hybridized carbons (Fsp3) is 0.750. The molecule has 1 aromatic heterocycles. The second kappa shape index (κ2) is 6.29. The molecule has 3 N–H and O–H groups in total. The lowest BCUT2D eigenvalue weighted by Gasteiger charge is -2.31. The number of hydrogen-bond acceptors (Lipinski definition) is 5. The van der Waals surface area contributed by atoms with Gasteiger partial charge in [0.2, 0.25) is 0 Å². The van der Waals surface area contributed by atoms with Crippen LogP contribution < -0.4 is 11.2 Å². The number of hydrogen-bond donors (Lipinski definition) is 2. The quantitative estimate of drug-likeness (QED) is 0.762. The largest absolute Gasteiger partial charge is 0.379 e. The Labute approximate surface area is 108 Å². The van der Waals surface area contributed by atoms with Crippen molar-refractivity contribution < 1.29 is 4.74 Å². The minimum Gasteiger partial charge on any atom is -0.379 e. The SMILES string of the molecule is CCc1nn(C)cc1C(CN)NN1CCOCC1. The number of aryl methyl sites for hydroxylation is 2. The van der Waals surface area contributed by atoms with Crippen molar-refractivity contribution in [3.8, 4) is 0 Å². The molecule has 0 radical (unpaired) electrons. The standard InChI is InChI=1S/C12H23N5O/c1-3-11-10(9-16(2)14-11)12(8-13)15-17-4-6-18-7-5-17/h9,12,15H,3-8,13H2,1-2H3. The first kappa shape index (κ1) is 13.5. The van der Waals surface area contributed by atoms with Crippen LogP contribution in [0.5, 0.6) is 0 Å². The van der Waals surface area contributed by atoms with Crippen LogP contribution in [0.3, 0.4) is 0 Å². The lowest BCUT2D eigenvalue weighted by molar-refractivity contribution is 0.00398. The summed E-state index contributed by atoms with van der Waals surface area (Å²) in [4.78, 5) is 0. The molecule has 0 saturated carbocycles. The highest BCUT2D eigenvalue weighted by Crippen LogP contribution is 2.17. The lowest BCUT2D eigenvalue weighted by atomic mass is 10.1. The normalized spacial score (nSPS) is 19.1. The fourth-order valence-corrected chi connectivity index (χ4v) is 2.28. The molecule has 0 aliphatic carbocycles. The second-order valence-corrected chi connectivity index (χ2v) is 4.58. The van der Waals surface area contributed by atoms with Crippen molar-refractivity contribution in [2.75, 3.05) is 32.8 Å². The molecule has 0 aromatic carbocycles. The molecule has 1 aliphatic heterocycles. The first-order chi connectivity index (χ1) is 8.74. The van der Waals surface area contributed by atoms with Crippen molar-refractivity contribution in [2.45, 2.75) is 19.4 Å². The third-order valence-corrected chi connectivity index (χ3v) is 3.23. The van der Waals surface area contributed by atoms with Gasteiger partial charge in [0, 0.05) is 38.4 Å². The first-order valence-electron chi connectivity index (χ1n) is 6.56. The summed E-state index contributed by atoms with van der Waals surface area (Å²) < 4.78 is 7.20. The minimum absolute atomic E-state index is 0.131. The van der Waals surface area contributed by atoms with E-state index in [4.69, 9.17) is 10.5 Å². The highest BCUT2D eigenvalue weighted by Gasteiger charge is 2.20. The maximum absolute atomic E-state index is 5.90. The molecule has 6 nitrogen and oxygen atoms in total. The van der Waals surface area contributed by atoms with Gasteiger partial charge in [0.1, 0.15) is 0 Å². The van der Waals surface area contributed by atoms with Crippen LogP contribution in [0.25, 0.3) is 0 Å². The number of morpholine rings is 1. The van der Waals surface area contributed by atoms with Crippen molar-refractivity contribution in [3.63, 3.8) is 0 Å². The van der Waals surface area contributed by atoms with Crippen molar-refractivity contribution in [3.05, 3.63) is 17.5 Å². The zero-order valence-corrected chi connectivity index (χ0v) is 11.2. The Morgan fingerprint density at radius 1 is 1.50 bits per heavy atom. The second-order valence-electron chi connectivity index (χ2n) is 4.58. The predicted octanol–water partition coefficient (Wildman–Crippen LogP) is -0.181. The fourth-order valence-electron chi connectivity index (χ4n) is 2.28. The summed E-state index contributed by atoms with van der Waals surface area (Å²) in [6.45, 7) is 6.04. The van der Waals surface area contributed by atoms with Crippen molar-refractivity contribution in [1.82, 2.24) is 20.2 Å². The maximum Gasteiger partial charge on any atom is 0.0670 e. The molecule has 0 bridgehead atoms. The summed E-state index contributed by atoms with van der Waals surface area (Å²) in [5.74, 6) is 0. The molecule has 2 heterocycles. The molecule has 1 saturated heterocycles. The topological polar surface area (TPSA) is 68.3 Å². The summed E-state index contributed by atoms with van der Waals surface area (Å²) in [5, 5.41) is 6.66. The minimum atomic E-state index is 0.131. The highest BCUT2D eigenvalue weighted by atomic mass is 16.5. The van der Waals surface area contributed by atoms with E-state index in [1.165, 1.54) is 5.56 Å². The van der Waals surface area contributed by atoms with Crippen LogP contribution >= 0.6 is 0 Å². The van der Waals surface area contributed by atoms with Crippen LogP contribution in [0.15, 0.2) is 6.20 Å². The Morgan fingerprint density at radius 2 is 2.22 bits per heavy atom. The van der Waals surface area contributed by atoms with Gasteiger partial charge in [-0.25, -0.2) is 10.4 Å². The van der Waals surface area contributed by atoms with Crippen molar-refractivity contribution in [2.24, 2.45) is 12.8 Å². The lowest BCUT2D eigenvalue weighted by Crippen LogP contribution is -2.48. The average Bonchev–Trinajstić information content (AvgIpc) is 2.78.